The fourth-order valence-electron chi connectivity index (χ4n) is 1.92. The number of hydrogen-bond acceptors (Lipinski definition) is 5. The van der Waals surface area contributed by atoms with Crippen molar-refractivity contribution in [2.45, 2.75) is 19.4 Å². The maximum atomic E-state index is 5.48. The topological polar surface area (TPSA) is 50.3 Å². The predicted molar refractivity (Wildman–Crippen MR) is 63.8 cm³/mol. The number of ether oxygens (including phenoxy) is 1. The van der Waals surface area contributed by atoms with Crippen LogP contribution in [0.5, 0.6) is 0 Å². The number of nitrogens with zero attached hydrogens (tertiary/aromatic N) is 3. The Bertz CT molecular complexity index is 345. The van der Waals surface area contributed by atoms with E-state index in [0.717, 1.165) is 32.0 Å². The van der Waals surface area contributed by atoms with Gasteiger partial charge in [-0.2, -0.15) is 4.98 Å². The minimum absolute atomic E-state index is 0.424. The summed E-state index contributed by atoms with van der Waals surface area (Å²) in [5, 5.41) is 2.96. The van der Waals surface area contributed by atoms with Crippen molar-refractivity contribution in [1.29, 1.82) is 0 Å². The van der Waals surface area contributed by atoms with Gasteiger partial charge in [0.15, 0.2) is 0 Å². The largest absolute Gasteiger partial charge is 0.377 e. The van der Waals surface area contributed by atoms with Crippen LogP contribution < -0.4 is 10.2 Å². The van der Waals surface area contributed by atoms with Crippen LogP contribution in [0.25, 0.3) is 0 Å². The lowest BCUT2D eigenvalue weighted by atomic mass is 10.2. The molecule has 1 atom stereocenters. The minimum atomic E-state index is 0.424. The molecule has 1 aliphatic heterocycles. The van der Waals surface area contributed by atoms with Crippen molar-refractivity contribution in [2.75, 3.05) is 37.0 Å². The second-order valence-corrected chi connectivity index (χ2v) is 3.82. The van der Waals surface area contributed by atoms with Gasteiger partial charge in [-0.3, -0.25) is 0 Å². The normalized spacial score (nSPS) is 20.9. The summed E-state index contributed by atoms with van der Waals surface area (Å²) < 4.78 is 5.48. The number of nitrogens with one attached hydrogen (secondary N) is 1. The Morgan fingerprint density at radius 2 is 2.50 bits per heavy atom. The number of morpholine rings is 1. The minimum Gasteiger partial charge on any atom is -0.377 e. The summed E-state index contributed by atoms with van der Waals surface area (Å²) in [6, 6.07) is 2.38. The van der Waals surface area contributed by atoms with Crippen molar-refractivity contribution in [3.8, 4) is 0 Å². The zero-order valence-corrected chi connectivity index (χ0v) is 9.81. The van der Waals surface area contributed by atoms with Crippen molar-refractivity contribution < 1.29 is 4.74 Å². The molecule has 1 aromatic heterocycles. The molecule has 16 heavy (non-hydrogen) atoms. The molecule has 1 aliphatic rings. The van der Waals surface area contributed by atoms with E-state index < -0.39 is 0 Å². The average Bonchev–Trinajstić information content (AvgIpc) is 2.38. The number of anilines is 2. The number of hydrogen-bond donors (Lipinski definition) is 1. The van der Waals surface area contributed by atoms with Gasteiger partial charge in [0, 0.05) is 19.8 Å². The number of rotatable bonds is 3. The van der Waals surface area contributed by atoms with E-state index in [1.165, 1.54) is 0 Å². The third-order valence-electron chi connectivity index (χ3n) is 2.86. The van der Waals surface area contributed by atoms with E-state index in [4.69, 9.17) is 4.74 Å². The van der Waals surface area contributed by atoms with Crippen LogP contribution in [0.15, 0.2) is 12.3 Å². The van der Waals surface area contributed by atoms with Gasteiger partial charge in [0.1, 0.15) is 5.82 Å². The Kier molecular flexibility index (Phi) is 3.56. The molecule has 2 rings (SSSR count). The summed E-state index contributed by atoms with van der Waals surface area (Å²) in [6.07, 6.45) is 2.86. The van der Waals surface area contributed by atoms with Crippen LogP contribution in [-0.2, 0) is 4.74 Å². The first kappa shape index (κ1) is 11.1. The van der Waals surface area contributed by atoms with E-state index in [1.807, 2.05) is 13.1 Å². The lowest BCUT2D eigenvalue weighted by Gasteiger charge is -2.35. The van der Waals surface area contributed by atoms with E-state index in [1.54, 1.807) is 6.20 Å². The molecule has 0 aromatic carbocycles. The molecule has 5 heteroatoms. The van der Waals surface area contributed by atoms with Crippen LogP contribution in [0.1, 0.15) is 13.3 Å². The second-order valence-electron chi connectivity index (χ2n) is 3.82. The van der Waals surface area contributed by atoms with Crippen molar-refractivity contribution in [1.82, 2.24) is 9.97 Å². The van der Waals surface area contributed by atoms with Gasteiger partial charge in [-0.25, -0.2) is 4.98 Å². The fourth-order valence-corrected chi connectivity index (χ4v) is 1.92. The molecule has 0 aliphatic carbocycles. The van der Waals surface area contributed by atoms with Gasteiger partial charge in [-0.05, 0) is 12.5 Å². The SMILES string of the molecule is CCC1COCCN1c1ccnc(NC)n1. The summed E-state index contributed by atoms with van der Waals surface area (Å²) in [6.45, 7) is 4.63. The highest BCUT2D eigenvalue weighted by molar-refractivity contribution is 5.43. The monoisotopic (exact) mass is 222 g/mol. The molecule has 88 valence electrons. The van der Waals surface area contributed by atoms with E-state index >= 15 is 0 Å². The lowest BCUT2D eigenvalue weighted by Crippen LogP contribution is -2.45. The van der Waals surface area contributed by atoms with Crippen molar-refractivity contribution in [3.63, 3.8) is 0 Å². The second kappa shape index (κ2) is 5.12. The zero-order valence-electron chi connectivity index (χ0n) is 9.81. The van der Waals surface area contributed by atoms with Crippen LogP contribution in [0, 0.1) is 0 Å². The standard InChI is InChI=1S/C11H18N4O/c1-3-9-8-16-7-6-15(9)10-4-5-13-11(12-2)14-10/h4-5,9H,3,6-8H2,1-2H3,(H,12,13,14). The first-order valence-electron chi connectivity index (χ1n) is 5.70. The molecular weight excluding hydrogens is 204 g/mol. The van der Waals surface area contributed by atoms with Gasteiger partial charge in [0.05, 0.1) is 19.3 Å². The van der Waals surface area contributed by atoms with Gasteiger partial charge in [0.25, 0.3) is 0 Å². The number of aromatic nitrogens is 2. The molecule has 0 spiro atoms. The molecular formula is C11H18N4O. The van der Waals surface area contributed by atoms with Crippen molar-refractivity contribution >= 4 is 11.8 Å². The van der Waals surface area contributed by atoms with Gasteiger partial charge in [-0.1, -0.05) is 6.92 Å². The Balaban J connectivity index is 2.20. The molecule has 1 saturated heterocycles. The third kappa shape index (κ3) is 2.24. The summed E-state index contributed by atoms with van der Waals surface area (Å²) in [4.78, 5) is 10.9. The zero-order chi connectivity index (χ0) is 11.4. The van der Waals surface area contributed by atoms with Crippen LogP contribution in [-0.4, -0.2) is 42.8 Å². The summed E-state index contributed by atoms with van der Waals surface area (Å²) in [5.41, 5.74) is 0. The molecule has 1 N–H and O–H groups in total. The van der Waals surface area contributed by atoms with E-state index in [-0.39, 0.29) is 0 Å². The van der Waals surface area contributed by atoms with Gasteiger partial charge in [-0.15, -0.1) is 0 Å². The van der Waals surface area contributed by atoms with E-state index in [2.05, 4.69) is 27.1 Å². The predicted octanol–water partition coefficient (Wildman–Crippen LogP) is 1.13. The molecule has 1 fully saturated rings. The van der Waals surface area contributed by atoms with Gasteiger partial charge < -0.3 is 15.0 Å². The van der Waals surface area contributed by atoms with Crippen LogP contribution in [0.4, 0.5) is 11.8 Å². The maximum absolute atomic E-state index is 5.48. The first-order valence-corrected chi connectivity index (χ1v) is 5.70. The van der Waals surface area contributed by atoms with Gasteiger partial charge >= 0.3 is 0 Å². The molecule has 2 heterocycles. The highest BCUT2D eigenvalue weighted by atomic mass is 16.5. The van der Waals surface area contributed by atoms with Crippen molar-refractivity contribution in [2.24, 2.45) is 0 Å². The van der Waals surface area contributed by atoms with E-state index in [9.17, 15) is 0 Å². The molecule has 0 saturated carbocycles. The average molecular weight is 222 g/mol. The maximum Gasteiger partial charge on any atom is 0.224 e. The van der Waals surface area contributed by atoms with Crippen molar-refractivity contribution in [3.05, 3.63) is 12.3 Å². The molecule has 0 amide bonds. The fraction of sp³-hybridized carbons (Fsp3) is 0.636. The molecule has 1 unspecified atom stereocenters. The molecule has 1 aromatic rings. The Hall–Kier alpha value is -1.36. The van der Waals surface area contributed by atoms with Crippen LogP contribution in [0.2, 0.25) is 0 Å². The first-order chi connectivity index (χ1) is 7.85. The van der Waals surface area contributed by atoms with Crippen LogP contribution in [0.3, 0.4) is 0 Å². The molecule has 5 nitrogen and oxygen atoms in total. The molecule has 0 bridgehead atoms. The van der Waals surface area contributed by atoms with E-state index in [0.29, 0.717) is 12.0 Å². The Morgan fingerprint density at radius 1 is 1.62 bits per heavy atom. The summed E-state index contributed by atoms with van der Waals surface area (Å²) in [5.74, 6) is 1.65. The van der Waals surface area contributed by atoms with Crippen LogP contribution >= 0.6 is 0 Å². The Labute approximate surface area is 95.8 Å². The quantitative estimate of drug-likeness (QED) is 0.831. The summed E-state index contributed by atoms with van der Waals surface area (Å²) in [7, 11) is 1.83. The van der Waals surface area contributed by atoms with Gasteiger partial charge in [0.2, 0.25) is 5.95 Å². The smallest absolute Gasteiger partial charge is 0.224 e. The summed E-state index contributed by atoms with van der Waals surface area (Å²) >= 11 is 0. The third-order valence-corrected chi connectivity index (χ3v) is 2.86. The molecule has 0 radical (unpaired) electrons. The highest BCUT2D eigenvalue weighted by Crippen LogP contribution is 2.19. The highest BCUT2D eigenvalue weighted by Gasteiger charge is 2.22. The Morgan fingerprint density at radius 3 is 3.25 bits per heavy atom. The lowest BCUT2D eigenvalue weighted by molar-refractivity contribution is 0.0926.